The third-order valence-electron chi connectivity index (χ3n) is 3.50. The van der Waals surface area contributed by atoms with Gasteiger partial charge in [0.1, 0.15) is 0 Å². The number of carboxylic acids is 1. The zero-order valence-electron chi connectivity index (χ0n) is 10.5. The third kappa shape index (κ3) is 2.41. The Labute approximate surface area is 110 Å². The maximum Gasteiger partial charge on any atom is 0.307 e. The number of carbonyl (C=O) groups is 2. The van der Waals surface area contributed by atoms with Crippen LogP contribution in [0.15, 0.2) is 17.5 Å². The second-order valence-corrected chi connectivity index (χ2v) is 6.17. The number of hydrogen-bond acceptors (Lipinski definition) is 3. The van der Waals surface area contributed by atoms with Crippen LogP contribution in [-0.2, 0) is 15.1 Å². The molecular formula is C13H17NO3S. The maximum atomic E-state index is 12.1. The van der Waals surface area contributed by atoms with E-state index in [-0.39, 0.29) is 11.8 Å². The van der Waals surface area contributed by atoms with E-state index in [4.69, 9.17) is 5.11 Å². The Morgan fingerprint density at radius 1 is 1.39 bits per heavy atom. The van der Waals surface area contributed by atoms with Gasteiger partial charge in [-0.25, -0.2) is 0 Å². The second-order valence-electron chi connectivity index (χ2n) is 5.22. The van der Waals surface area contributed by atoms with Crippen molar-refractivity contribution in [3.8, 4) is 0 Å². The molecule has 1 heterocycles. The molecule has 2 unspecified atom stereocenters. The van der Waals surface area contributed by atoms with E-state index < -0.39 is 17.4 Å². The van der Waals surface area contributed by atoms with E-state index in [1.54, 1.807) is 11.3 Å². The summed E-state index contributed by atoms with van der Waals surface area (Å²) in [5.41, 5.74) is -0.441. The Balaban J connectivity index is 2.02. The first-order valence-corrected chi connectivity index (χ1v) is 6.88. The standard InChI is InChI=1S/C13H17NO3S/c1-13(2,10-4-3-7-18-10)14-11(15)8-5-6-9(8)12(16)17/h3-4,7-9H,5-6H2,1-2H3,(H,14,15)(H,16,17). The largest absolute Gasteiger partial charge is 0.481 e. The molecular weight excluding hydrogens is 250 g/mol. The van der Waals surface area contributed by atoms with Crippen molar-refractivity contribution in [3.63, 3.8) is 0 Å². The summed E-state index contributed by atoms with van der Waals surface area (Å²) >= 11 is 1.59. The molecule has 1 amide bonds. The highest BCUT2D eigenvalue weighted by Crippen LogP contribution is 2.36. The molecule has 0 aromatic carbocycles. The van der Waals surface area contributed by atoms with Crippen molar-refractivity contribution in [1.82, 2.24) is 5.32 Å². The Morgan fingerprint density at radius 3 is 2.50 bits per heavy atom. The van der Waals surface area contributed by atoms with Crippen molar-refractivity contribution in [1.29, 1.82) is 0 Å². The molecule has 98 valence electrons. The molecule has 0 spiro atoms. The molecule has 0 aliphatic heterocycles. The van der Waals surface area contributed by atoms with Crippen molar-refractivity contribution in [2.24, 2.45) is 11.8 Å². The fraction of sp³-hybridized carbons (Fsp3) is 0.538. The minimum atomic E-state index is -0.865. The molecule has 0 radical (unpaired) electrons. The molecule has 1 aliphatic rings. The van der Waals surface area contributed by atoms with Crippen LogP contribution in [0, 0.1) is 11.8 Å². The molecule has 0 bridgehead atoms. The number of carbonyl (C=O) groups excluding carboxylic acids is 1. The van der Waals surface area contributed by atoms with Crippen molar-refractivity contribution >= 4 is 23.2 Å². The Morgan fingerprint density at radius 2 is 2.06 bits per heavy atom. The van der Waals surface area contributed by atoms with Gasteiger partial charge >= 0.3 is 5.97 Å². The van der Waals surface area contributed by atoms with Crippen LogP contribution in [-0.4, -0.2) is 17.0 Å². The van der Waals surface area contributed by atoms with Crippen LogP contribution in [0.3, 0.4) is 0 Å². The molecule has 18 heavy (non-hydrogen) atoms. The lowest BCUT2D eigenvalue weighted by atomic mass is 9.73. The van der Waals surface area contributed by atoms with E-state index in [0.717, 1.165) is 4.88 Å². The van der Waals surface area contributed by atoms with Gasteiger partial charge in [0, 0.05) is 4.88 Å². The molecule has 4 nitrogen and oxygen atoms in total. The first-order chi connectivity index (χ1) is 8.42. The average molecular weight is 267 g/mol. The van der Waals surface area contributed by atoms with Crippen molar-refractivity contribution in [2.75, 3.05) is 0 Å². The van der Waals surface area contributed by atoms with Gasteiger partial charge in [0.15, 0.2) is 0 Å². The van der Waals surface area contributed by atoms with E-state index >= 15 is 0 Å². The molecule has 5 heteroatoms. The lowest BCUT2D eigenvalue weighted by Crippen LogP contribution is -2.49. The van der Waals surface area contributed by atoms with Crippen molar-refractivity contribution < 1.29 is 14.7 Å². The van der Waals surface area contributed by atoms with Gasteiger partial charge in [-0.05, 0) is 38.1 Å². The highest BCUT2D eigenvalue weighted by molar-refractivity contribution is 7.10. The summed E-state index contributed by atoms with van der Waals surface area (Å²) in [5, 5.41) is 13.9. The Kier molecular flexibility index (Phi) is 3.43. The zero-order chi connectivity index (χ0) is 13.3. The van der Waals surface area contributed by atoms with Crippen LogP contribution in [0.1, 0.15) is 31.6 Å². The summed E-state index contributed by atoms with van der Waals surface area (Å²) in [5.74, 6) is -1.90. The minimum Gasteiger partial charge on any atom is -0.481 e. The van der Waals surface area contributed by atoms with E-state index in [1.165, 1.54) is 0 Å². The molecule has 2 N–H and O–H groups in total. The smallest absolute Gasteiger partial charge is 0.307 e. The van der Waals surface area contributed by atoms with Crippen LogP contribution < -0.4 is 5.32 Å². The summed E-state index contributed by atoms with van der Waals surface area (Å²) in [7, 11) is 0. The summed E-state index contributed by atoms with van der Waals surface area (Å²) in [6, 6.07) is 3.91. The fourth-order valence-electron chi connectivity index (χ4n) is 2.21. The molecule has 0 saturated heterocycles. The van der Waals surface area contributed by atoms with Gasteiger partial charge < -0.3 is 10.4 Å². The molecule has 1 aliphatic carbocycles. The predicted molar refractivity (Wildman–Crippen MR) is 69.3 cm³/mol. The second kappa shape index (κ2) is 4.72. The molecule has 2 rings (SSSR count). The first kappa shape index (κ1) is 13.1. The lowest BCUT2D eigenvalue weighted by Gasteiger charge is -2.35. The monoisotopic (exact) mass is 267 g/mol. The van der Waals surface area contributed by atoms with Crippen LogP contribution in [0.25, 0.3) is 0 Å². The van der Waals surface area contributed by atoms with Crippen molar-refractivity contribution in [2.45, 2.75) is 32.2 Å². The highest BCUT2D eigenvalue weighted by atomic mass is 32.1. The predicted octanol–water partition coefficient (Wildman–Crippen LogP) is 2.21. The normalized spacial score (nSPS) is 23.2. The number of aliphatic carboxylic acids is 1. The topological polar surface area (TPSA) is 66.4 Å². The zero-order valence-corrected chi connectivity index (χ0v) is 11.3. The fourth-order valence-corrected chi connectivity index (χ4v) is 3.01. The molecule has 1 aromatic heterocycles. The number of rotatable bonds is 4. The molecule has 2 atom stereocenters. The molecule has 1 saturated carbocycles. The maximum absolute atomic E-state index is 12.1. The summed E-state index contributed by atoms with van der Waals surface area (Å²) in [4.78, 5) is 24.1. The Bertz CT molecular complexity index is 453. The highest BCUT2D eigenvalue weighted by Gasteiger charge is 2.42. The van der Waals surface area contributed by atoms with Crippen LogP contribution in [0.2, 0.25) is 0 Å². The number of carboxylic acid groups (broad SMARTS) is 1. The quantitative estimate of drug-likeness (QED) is 0.879. The van der Waals surface area contributed by atoms with E-state index in [1.807, 2.05) is 31.4 Å². The van der Waals surface area contributed by atoms with Gasteiger partial charge in [-0.15, -0.1) is 11.3 Å². The number of thiophene rings is 1. The van der Waals surface area contributed by atoms with Crippen LogP contribution >= 0.6 is 11.3 Å². The van der Waals surface area contributed by atoms with Crippen LogP contribution in [0.4, 0.5) is 0 Å². The average Bonchev–Trinajstić information content (AvgIpc) is 2.65. The SMILES string of the molecule is CC(C)(NC(=O)C1CCC1C(=O)O)c1cccs1. The molecule has 1 aromatic rings. The third-order valence-corrected chi connectivity index (χ3v) is 4.69. The Hall–Kier alpha value is -1.36. The van der Waals surface area contributed by atoms with Crippen molar-refractivity contribution in [3.05, 3.63) is 22.4 Å². The lowest BCUT2D eigenvalue weighted by molar-refractivity contribution is -0.153. The summed E-state index contributed by atoms with van der Waals surface area (Å²) in [6.45, 7) is 3.87. The minimum absolute atomic E-state index is 0.146. The van der Waals surface area contributed by atoms with E-state index in [2.05, 4.69) is 5.32 Å². The molecule has 1 fully saturated rings. The number of hydrogen-bond donors (Lipinski definition) is 2. The first-order valence-electron chi connectivity index (χ1n) is 6.00. The number of amides is 1. The van der Waals surface area contributed by atoms with Gasteiger partial charge in [0.05, 0.1) is 17.4 Å². The van der Waals surface area contributed by atoms with E-state index in [0.29, 0.717) is 12.8 Å². The van der Waals surface area contributed by atoms with Gasteiger partial charge in [0.2, 0.25) is 5.91 Å². The van der Waals surface area contributed by atoms with Gasteiger partial charge in [-0.2, -0.15) is 0 Å². The van der Waals surface area contributed by atoms with Crippen LogP contribution in [0.5, 0.6) is 0 Å². The summed E-state index contributed by atoms with van der Waals surface area (Å²) in [6.07, 6.45) is 1.27. The number of nitrogens with one attached hydrogen (secondary N) is 1. The van der Waals surface area contributed by atoms with Gasteiger partial charge in [-0.3, -0.25) is 9.59 Å². The van der Waals surface area contributed by atoms with E-state index in [9.17, 15) is 9.59 Å². The van der Waals surface area contributed by atoms with Gasteiger partial charge in [-0.1, -0.05) is 6.07 Å². The van der Waals surface area contributed by atoms with Gasteiger partial charge in [0.25, 0.3) is 0 Å². The summed E-state index contributed by atoms with van der Waals surface area (Å²) < 4.78 is 0.